The molecule has 0 aliphatic rings. The van der Waals surface area contributed by atoms with Crippen molar-refractivity contribution in [3.63, 3.8) is 0 Å². The SMILES string of the molecule is Cc1ccc(C(=O)NC(C)CN)c(=O)[nH]1. The van der Waals surface area contributed by atoms with Crippen molar-refractivity contribution in [1.82, 2.24) is 10.3 Å². The van der Waals surface area contributed by atoms with Gasteiger partial charge in [-0.3, -0.25) is 9.59 Å². The number of carbonyl (C=O) groups is 1. The van der Waals surface area contributed by atoms with Gasteiger partial charge in [-0.05, 0) is 26.0 Å². The summed E-state index contributed by atoms with van der Waals surface area (Å²) in [5.41, 5.74) is 5.82. The van der Waals surface area contributed by atoms with Crippen LogP contribution in [0.2, 0.25) is 0 Å². The van der Waals surface area contributed by atoms with Crippen LogP contribution in [-0.4, -0.2) is 23.5 Å². The first-order valence-corrected chi connectivity index (χ1v) is 4.75. The van der Waals surface area contributed by atoms with Crippen molar-refractivity contribution in [2.45, 2.75) is 19.9 Å². The minimum atomic E-state index is -0.394. The largest absolute Gasteiger partial charge is 0.348 e. The number of hydrogen-bond donors (Lipinski definition) is 3. The second-order valence-electron chi connectivity index (χ2n) is 3.49. The number of aromatic nitrogens is 1. The first kappa shape index (κ1) is 11.5. The Bertz CT molecular complexity index is 411. The van der Waals surface area contributed by atoms with E-state index < -0.39 is 5.91 Å². The highest BCUT2D eigenvalue weighted by atomic mass is 16.2. The van der Waals surface area contributed by atoms with Crippen LogP contribution in [0.1, 0.15) is 23.0 Å². The van der Waals surface area contributed by atoms with Crippen molar-refractivity contribution >= 4 is 5.91 Å². The Hall–Kier alpha value is -1.62. The molecule has 0 aromatic carbocycles. The van der Waals surface area contributed by atoms with Gasteiger partial charge in [-0.2, -0.15) is 0 Å². The molecule has 1 heterocycles. The summed E-state index contributed by atoms with van der Waals surface area (Å²) in [6.45, 7) is 3.88. The van der Waals surface area contributed by atoms with E-state index >= 15 is 0 Å². The molecule has 0 bridgehead atoms. The lowest BCUT2D eigenvalue weighted by molar-refractivity contribution is 0.0939. The highest BCUT2D eigenvalue weighted by molar-refractivity contribution is 5.93. The van der Waals surface area contributed by atoms with E-state index in [1.165, 1.54) is 6.07 Å². The molecule has 4 N–H and O–H groups in total. The number of nitrogens with two attached hydrogens (primary N) is 1. The van der Waals surface area contributed by atoms with E-state index in [0.29, 0.717) is 6.54 Å². The molecule has 5 heteroatoms. The molecule has 1 aromatic heterocycles. The Balaban J connectivity index is 2.88. The summed E-state index contributed by atoms with van der Waals surface area (Å²) in [6.07, 6.45) is 0. The molecule has 1 rings (SSSR count). The molecule has 1 unspecified atom stereocenters. The zero-order chi connectivity index (χ0) is 11.4. The molecule has 82 valence electrons. The summed E-state index contributed by atoms with van der Waals surface area (Å²) in [4.78, 5) is 25.5. The molecule has 0 saturated carbocycles. The number of rotatable bonds is 3. The number of hydrogen-bond acceptors (Lipinski definition) is 3. The first-order valence-electron chi connectivity index (χ1n) is 4.75. The topological polar surface area (TPSA) is 88.0 Å². The molecule has 1 atom stereocenters. The summed E-state index contributed by atoms with van der Waals surface area (Å²) >= 11 is 0. The summed E-state index contributed by atoms with van der Waals surface area (Å²) in [6, 6.07) is 3.05. The molecule has 0 aliphatic heterocycles. The predicted octanol–water partition coefficient (Wildman–Crippen LogP) is -0.240. The van der Waals surface area contributed by atoms with Crippen molar-refractivity contribution < 1.29 is 4.79 Å². The van der Waals surface area contributed by atoms with Crippen LogP contribution in [0.25, 0.3) is 0 Å². The molecule has 15 heavy (non-hydrogen) atoms. The van der Waals surface area contributed by atoms with E-state index in [-0.39, 0.29) is 17.2 Å². The quantitative estimate of drug-likeness (QED) is 0.642. The fourth-order valence-corrected chi connectivity index (χ4v) is 1.11. The molecular weight excluding hydrogens is 194 g/mol. The van der Waals surface area contributed by atoms with Crippen LogP contribution in [-0.2, 0) is 0 Å². The van der Waals surface area contributed by atoms with Crippen LogP contribution in [0, 0.1) is 6.92 Å². The van der Waals surface area contributed by atoms with Gasteiger partial charge in [0.05, 0.1) is 0 Å². The zero-order valence-electron chi connectivity index (χ0n) is 8.83. The average molecular weight is 209 g/mol. The lowest BCUT2D eigenvalue weighted by Gasteiger charge is -2.10. The van der Waals surface area contributed by atoms with E-state index in [1.54, 1.807) is 19.9 Å². The standard InChI is InChI=1S/C10H15N3O2/c1-6-3-4-8(9(14)12-6)10(15)13-7(2)5-11/h3-4,7H,5,11H2,1-2H3,(H,12,14)(H,13,15). The minimum Gasteiger partial charge on any atom is -0.348 e. The molecule has 0 fully saturated rings. The second kappa shape index (κ2) is 4.75. The van der Waals surface area contributed by atoms with E-state index in [1.807, 2.05) is 0 Å². The van der Waals surface area contributed by atoms with Gasteiger partial charge in [-0.1, -0.05) is 0 Å². The monoisotopic (exact) mass is 209 g/mol. The van der Waals surface area contributed by atoms with Gasteiger partial charge < -0.3 is 16.0 Å². The number of aromatic amines is 1. The van der Waals surface area contributed by atoms with Crippen LogP contribution < -0.4 is 16.6 Å². The molecular formula is C10H15N3O2. The smallest absolute Gasteiger partial charge is 0.260 e. The number of nitrogens with one attached hydrogen (secondary N) is 2. The van der Waals surface area contributed by atoms with Crippen LogP contribution >= 0.6 is 0 Å². The van der Waals surface area contributed by atoms with Gasteiger partial charge in [0.2, 0.25) is 0 Å². The third-order valence-corrected chi connectivity index (χ3v) is 2.03. The third kappa shape index (κ3) is 2.92. The fraction of sp³-hybridized carbons (Fsp3) is 0.400. The highest BCUT2D eigenvalue weighted by Crippen LogP contribution is 1.94. The van der Waals surface area contributed by atoms with Crippen LogP contribution in [0.5, 0.6) is 0 Å². The maximum atomic E-state index is 11.6. The van der Waals surface area contributed by atoms with Gasteiger partial charge >= 0.3 is 0 Å². The number of amides is 1. The van der Waals surface area contributed by atoms with Crippen molar-refractivity contribution in [3.8, 4) is 0 Å². The predicted molar refractivity (Wildman–Crippen MR) is 57.8 cm³/mol. The fourth-order valence-electron chi connectivity index (χ4n) is 1.11. The van der Waals surface area contributed by atoms with Gasteiger partial charge in [0, 0.05) is 18.3 Å². The molecule has 1 amide bonds. The van der Waals surface area contributed by atoms with E-state index in [0.717, 1.165) is 5.69 Å². The zero-order valence-corrected chi connectivity index (χ0v) is 8.83. The molecule has 0 saturated heterocycles. The molecule has 0 aliphatic carbocycles. The van der Waals surface area contributed by atoms with Crippen LogP contribution in [0.3, 0.4) is 0 Å². The van der Waals surface area contributed by atoms with Crippen molar-refractivity contribution in [1.29, 1.82) is 0 Å². The van der Waals surface area contributed by atoms with Gasteiger partial charge in [0.25, 0.3) is 11.5 Å². The second-order valence-corrected chi connectivity index (χ2v) is 3.49. The Labute approximate surface area is 87.7 Å². The van der Waals surface area contributed by atoms with E-state index in [2.05, 4.69) is 10.3 Å². The number of aryl methyl sites for hydroxylation is 1. The Morgan fingerprint density at radius 1 is 1.60 bits per heavy atom. The number of carbonyl (C=O) groups excluding carboxylic acids is 1. The van der Waals surface area contributed by atoms with Crippen LogP contribution in [0.4, 0.5) is 0 Å². The number of pyridine rings is 1. The van der Waals surface area contributed by atoms with Crippen LogP contribution in [0.15, 0.2) is 16.9 Å². The van der Waals surface area contributed by atoms with E-state index in [4.69, 9.17) is 5.73 Å². The van der Waals surface area contributed by atoms with Gasteiger partial charge in [-0.15, -0.1) is 0 Å². The molecule has 1 aromatic rings. The normalized spacial score (nSPS) is 12.2. The summed E-state index contributed by atoms with van der Waals surface area (Å²) < 4.78 is 0. The summed E-state index contributed by atoms with van der Waals surface area (Å²) in [5.74, 6) is -0.394. The molecule has 5 nitrogen and oxygen atoms in total. The Kier molecular flexibility index (Phi) is 3.62. The maximum absolute atomic E-state index is 11.6. The lowest BCUT2D eigenvalue weighted by Crippen LogP contribution is -2.40. The van der Waals surface area contributed by atoms with Gasteiger partial charge in [0.15, 0.2) is 0 Å². The first-order chi connectivity index (χ1) is 7.04. The van der Waals surface area contributed by atoms with Crippen molar-refractivity contribution in [2.75, 3.05) is 6.54 Å². The maximum Gasteiger partial charge on any atom is 0.260 e. The lowest BCUT2D eigenvalue weighted by atomic mass is 10.2. The third-order valence-electron chi connectivity index (χ3n) is 2.03. The highest BCUT2D eigenvalue weighted by Gasteiger charge is 2.11. The minimum absolute atomic E-state index is 0.112. The Morgan fingerprint density at radius 3 is 2.80 bits per heavy atom. The molecule has 0 spiro atoms. The van der Waals surface area contributed by atoms with Gasteiger partial charge in [0.1, 0.15) is 5.56 Å². The Morgan fingerprint density at radius 2 is 2.27 bits per heavy atom. The summed E-state index contributed by atoms with van der Waals surface area (Å²) in [5, 5.41) is 2.62. The summed E-state index contributed by atoms with van der Waals surface area (Å²) in [7, 11) is 0. The average Bonchev–Trinajstić information content (AvgIpc) is 2.17. The van der Waals surface area contributed by atoms with E-state index in [9.17, 15) is 9.59 Å². The van der Waals surface area contributed by atoms with Gasteiger partial charge in [-0.25, -0.2) is 0 Å². The van der Waals surface area contributed by atoms with Crippen molar-refractivity contribution in [3.05, 3.63) is 33.7 Å². The number of H-pyrrole nitrogens is 1. The molecule has 0 radical (unpaired) electrons. The van der Waals surface area contributed by atoms with Crippen molar-refractivity contribution in [2.24, 2.45) is 5.73 Å².